The van der Waals surface area contributed by atoms with E-state index in [4.69, 9.17) is 9.47 Å². The van der Waals surface area contributed by atoms with Gasteiger partial charge in [-0.1, -0.05) is 0 Å². The number of carbonyl (C=O) groups is 2. The standard InChI is InChI=1S/C11H17NO4/c1-11(2,3)16-10(14)12-5-4-7-8(6-12)15-9(7)13/h7-8H,4-6H2,1-3H3/t7-,8+/m0/s1. The fourth-order valence-corrected chi connectivity index (χ4v) is 1.96. The number of ether oxygens (including phenoxy) is 2. The SMILES string of the molecule is CC(C)(C)OC(=O)N1CC[C@@H]2C(=O)O[C@@H]2C1. The first-order chi connectivity index (χ1) is 7.37. The molecule has 2 saturated heterocycles. The largest absolute Gasteiger partial charge is 0.459 e. The number of esters is 1. The van der Waals surface area contributed by atoms with Gasteiger partial charge in [-0.25, -0.2) is 4.79 Å². The molecule has 1 amide bonds. The highest BCUT2D eigenvalue weighted by atomic mass is 16.6. The van der Waals surface area contributed by atoms with E-state index >= 15 is 0 Å². The average molecular weight is 227 g/mol. The van der Waals surface area contributed by atoms with E-state index in [9.17, 15) is 9.59 Å². The summed E-state index contributed by atoms with van der Waals surface area (Å²) >= 11 is 0. The van der Waals surface area contributed by atoms with Crippen LogP contribution in [-0.4, -0.2) is 41.8 Å². The topological polar surface area (TPSA) is 55.8 Å². The van der Waals surface area contributed by atoms with Crippen molar-refractivity contribution in [1.82, 2.24) is 4.90 Å². The Kier molecular flexibility index (Phi) is 2.56. The van der Waals surface area contributed by atoms with Gasteiger partial charge in [-0.3, -0.25) is 4.79 Å². The Morgan fingerprint density at radius 2 is 2.19 bits per heavy atom. The summed E-state index contributed by atoms with van der Waals surface area (Å²) in [5.74, 6) is -0.132. The lowest BCUT2D eigenvalue weighted by atomic mass is 9.89. The van der Waals surface area contributed by atoms with Crippen molar-refractivity contribution in [3.8, 4) is 0 Å². The minimum atomic E-state index is -0.482. The molecule has 0 radical (unpaired) electrons. The second-order valence-corrected chi connectivity index (χ2v) is 5.30. The summed E-state index contributed by atoms with van der Waals surface area (Å²) in [5.41, 5.74) is -0.482. The Morgan fingerprint density at radius 3 is 2.69 bits per heavy atom. The Morgan fingerprint density at radius 1 is 1.50 bits per heavy atom. The first kappa shape index (κ1) is 11.2. The van der Waals surface area contributed by atoms with Gasteiger partial charge in [0.25, 0.3) is 0 Å². The van der Waals surface area contributed by atoms with Gasteiger partial charge in [0.2, 0.25) is 0 Å². The van der Waals surface area contributed by atoms with Gasteiger partial charge in [0.15, 0.2) is 0 Å². The van der Waals surface area contributed by atoms with Gasteiger partial charge in [0.05, 0.1) is 12.5 Å². The maximum atomic E-state index is 11.7. The molecule has 0 saturated carbocycles. The summed E-state index contributed by atoms with van der Waals surface area (Å²) in [4.78, 5) is 24.4. The van der Waals surface area contributed by atoms with Crippen LogP contribution >= 0.6 is 0 Å². The highest BCUT2D eigenvalue weighted by Gasteiger charge is 2.47. The van der Waals surface area contributed by atoms with Gasteiger partial charge in [-0.15, -0.1) is 0 Å². The molecule has 2 aliphatic rings. The molecule has 0 unspecified atom stereocenters. The molecule has 5 heteroatoms. The number of hydrogen-bond acceptors (Lipinski definition) is 4. The number of piperidine rings is 1. The van der Waals surface area contributed by atoms with Crippen molar-refractivity contribution in [2.75, 3.05) is 13.1 Å². The second-order valence-electron chi connectivity index (χ2n) is 5.30. The van der Waals surface area contributed by atoms with Crippen LogP contribution in [-0.2, 0) is 14.3 Å². The monoisotopic (exact) mass is 227 g/mol. The van der Waals surface area contributed by atoms with Gasteiger partial charge in [-0.2, -0.15) is 0 Å². The highest BCUT2D eigenvalue weighted by molar-refractivity contribution is 5.79. The summed E-state index contributed by atoms with van der Waals surface area (Å²) < 4.78 is 10.2. The predicted molar refractivity (Wildman–Crippen MR) is 55.8 cm³/mol. The van der Waals surface area contributed by atoms with Crippen LogP contribution in [0, 0.1) is 5.92 Å². The van der Waals surface area contributed by atoms with Crippen molar-refractivity contribution >= 4 is 12.1 Å². The zero-order valence-corrected chi connectivity index (χ0v) is 9.86. The predicted octanol–water partition coefficient (Wildman–Crippen LogP) is 1.17. The number of hydrogen-bond donors (Lipinski definition) is 0. The van der Waals surface area contributed by atoms with Gasteiger partial charge in [-0.05, 0) is 27.2 Å². The Hall–Kier alpha value is -1.26. The third kappa shape index (κ3) is 2.13. The Balaban J connectivity index is 1.88. The van der Waals surface area contributed by atoms with Gasteiger partial charge in [0.1, 0.15) is 11.7 Å². The first-order valence-corrected chi connectivity index (χ1v) is 5.55. The van der Waals surface area contributed by atoms with E-state index in [-0.39, 0.29) is 24.1 Å². The lowest BCUT2D eigenvalue weighted by molar-refractivity contribution is -0.192. The molecule has 0 aliphatic carbocycles. The second kappa shape index (κ2) is 3.64. The lowest BCUT2D eigenvalue weighted by Crippen LogP contribution is -2.58. The summed E-state index contributed by atoms with van der Waals surface area (Å²) in [6.45, 7) is 6.54. The first-order valence-electron chi connectivity index (χ1n) is 5.55. The number of carbonyl (C=O) groups excluding carboxylic acids is 2. The molecule has 16 heavy (non-hydrogen) atoms. The van der Waals surface area contributed by atoms with E-state index in [2.05, 4.69) is 0 Å². The van der Waals surface area contributed by atoms with Gasteiger partial charge < -0.3 is 14.4 Å². The zero-order valence-electron chi connectivity index (χ0n) is 9.86. The summed E-state index contributed by atoms with van der Waals surface area (Å²) in [7, 11) is 0. The molecule has 2 aliphatic heterocycles. The summed E-state index contributed by atoms with van der Waals surface area (Å²) in [6, 6.07) is 0. The van der Waals surface area contributed by atoms with Crippen molar-refractivity contribution in [1.29, 1.82) is 0 Å². The molecular formula is C11H17NO4. The molecule has 0 aromatic rings. The molecule has 0 aromatic carbocycles. The van der Waals surface area contributed by atoms with Crippen molar-refractivity contribution < 1.29 is 19.1 Å². The zero-order chi connectivity index (χ0) is 11.9. The number of rotatable bonds is 0. The number of likely N-dealkylation sites (tertiary alicyclic amines) is 1. The molecule has 0 N–H and O–H groups in total. The molecule has 5 nitrogen and oxygen atoms in total. The van der Waals surface area contributed by atoms with Crippen molar-refractivity contribution in [3.63, 3.8) is 0 Å². The van der Waals surface area contributed by atoms with E-state index in [0.29, 0.717) is 19.5 Å². The molecular weight excluding hydrogens is 210 g/mol. The molecule has 2 atom stereocenters. The van der Waals surface area contributed by atoms with Crippen LogP contribution in [0.1, 0.15) is 27.2 Å². The van der Waals surface area contributed by atoms with E-state index in [0.717, 1.165) is 0 Å². The molecule has 0 spiro atoms. The van der Waals surface area contributed by atoms with Crippen molar-refractivity contribution in [2.24, 2.45) is 5.92 Å². The Labute approximate surface area is 94.7 Å². The Bertz CT molecular complexity index is 320. The van der Waals surface area contributed by atoms with Crippen LogP contribution in [0.4, 0.5) is 4.79 Å². The summed E-state index contributed by atoms with van der Waals surface area (Å²) in [5, 5.41) is 0. The van der Waals surface area contributed by atoms with Crippen molar-refractivity contribution in [3.05, 3.63) is 0 Å². The maximum Gasteiger partial charge on any atom is 0.410 e. The maximum absolute atomic E-state index is 11.7. The lowest BCUT2D eigenvalue weighted by Gasteiger charge is -2.43. The number of amides is 1. The van der Waals surface area contributed by atoms with Crippen LogP contribution in [0.25, 0.3) is 0 Å². The van der Waals surface area contributed by atoms with E-state index in [1.54, 1.807) is 4.90 Å². The summed E-state index contributed by atoms with van der Waals surface area (Å²) in [6.07, 6.45) is 0.241. The minimum Gasteiger partial charge on any atom is -0.459 e. The fourth-order valence-electron chi connectivity index (χ4n) is 1.96. The van der Waals surface area contributed by atoms with E-state index < -0.39 is 5.60 Å². The van der Waals surface area contributed by atoms with Crippen LogP contribution in [0.5, 0.6) is 0 Å². The van der Waals surface area contributed by atoms with E-state index in [1.807, 2.05) is 20.8 Å². The van der Waals surface area contributed by atoms with Crippen LogP contribution < -0.4 is 0 Å². The molecule has 2 rings (SSSR count). The molecule has 0 aromatic heterocycles. The molecule has 2 fully saturated rings. The van der Waals surface area contributed by atoms with Gasteiger partial charge >= 0.3 is 12.1 Å². The van der Waals surface area contributed by atoms with Crippen LogP contribution in [0.2, 0.25) is 0 Å². The highest BCUT2D eigenvalue weighted by Crippen LogP contribution is 2.31. The molecule has 0 bridgehead atoms. The molecule has 2 heterocycles. The third-order valence-electron chi connectivity index (χ3n) is 2.78. The van der Waals surface area contributed by atoms with Crippen molar-refractivity contribution in [2.45, 2.75) is 38.9 Å². The number of fused-ring (bicyclic) bond motifs is 1. The third-order valence-corrected chi connectivity index (χ3v) is 2.78. The minimum absolute atomic E-state index is 0.00122. The quantitative estimate of drug-likeness (QED) is 0.583. The van der Waals surface area contributed by atoms with Crippen LogP contribution in [0.15, 0.2) is 0 Å². The fraction of sp³-hybridized carbons (Fsp3) is 0.818. The van der Waals surface area contributed by atoms with E-state index in [1.165, 1.54) is 0 Å². The van der Waals surface area contributed by atoms with Gasteiger partial charge in [0, 0.05) is 6.54 Å². The average Bonchev–Trinajstić information content (AvgIpc) is 2.12. The number of nitrogens with zero attached hydrogens (tertiary/aromatic N) is 1. The van der Waals surface area contributed by atoms with Crippen LogP contribution in [0.3, 0.4) is 0 Å². The normalized spacial score (nSPS) is 28.9. The smallest absolute Gasteiger partial charge is 0.410 e. The molecule has 90 valence electrons.